The standard InChI is InChI=1S/C11H16ClNS/c1-8(6-7-13)11-9(12)4-3-5-10(11)14-2/h3-5,8H,6-7,13H2,1-2H3. The van der Waals surface area contributed by atoms with E-state index in [4.69, 9.17) is 17.3 Å². The van der Waals surface area contributed by atoms with Crippen LogP contribution in [0, 0.1) is 0 Å². The summed E-state index contributed by atoms with van der Waals surface area (Å²) in [5.41, 5.74) is 6.80. The first-order valence-corrected chi connectivity index (χ1v) is 6.33. The van der Waals surface area contributed by atoms with Crippen LogP contribution in [-0.4, -0.2) is 12.8 Å². The zero-order chi connectivity index (χ0) is 10.6. The van der Waals surface area contributed by atoms with Crippen molar-refractivity contribution < 1.29 is 0 Å². The van der Waals surface area contributed by atoms with Crippen molar-refractivity contribution in [1.29, 1.82) is 0 Å². The van der Waals surface area contributed by atoms with Gasteiger partial charge in [-0.3, -0.25) is 0 Å². The Morgan fingerprint density at radius 1 is 1.50 bits per heavy atom. The highest BCUT2D eigenvalue weighted by atomic mass is 35.5. The van der Waals surface area contributed by atoms with Gasteiger partial charge in [-0.2, -0.15) is 0 Å². The molecular weight excluding hydrogens is 214 g/mol. The van der Waals surface area contributed by atoms with E-state index < -0.39 is 0 Å². The quantitative estimate of drug-likeness (QED) is 0.800. The average molecular weight is 230 g/mol. The van der Waals surface area contributed by atoms with E-state index in [1.54, 1.807) is 11.8 Å². The summed E-state index contributed by atoms with van der Waals surface area (Å²) in [5, 5.41) is 0.859. The summed E-state index contributed by atoms with van der Waals surface area (Å²) >= 11 is 7.92. The second kappa shape index (κ2) is 5.64. The maximum absolute atomic E-state index is 6.18. The first-order valence-electron chi connectivity index (χ1n) is 4.73. The molecule has 78 valence electrons. The molecule has 1 unspecified atom stereocenters. The Morgan fingerprint density at radius 2 is 2.21 bits per heavy atom. The van der Waals surface area contributed by atoms with E-state index in [-0.39, 0.29) is 0 Å². The number of hydrogen-bond acceptors (Lipinski definition) is 2. The second-order valence-corrected chi connectivity index (χ2v) is 4.59. The summed E-state index contributed by atoms with van der Waals surface area (Å²) in [7, 11) is 0. The molecule has 0 bridgehead atoms. The van der Waals surface area contributed by atoms with Gasteiger partial charge >= 0.3 is 0 Å². The van der Waals surface area contributed by atoms with Crippen molar-refractivity contribution in [1.82, 2.24) is 0 Å². The fraction of sp³-hybridized carbons (Fsp3) is 0.455. The Hall–Kier alpha value is -0.180. The molecule has 0 amide bonds. The molecule has 1 rings (SSSR count). The highest BCUT2D eigenvalue weighted by molar-refractivity contribution is 7.98. The minimum atomic E-state index is 0.441. The van der Waals surface area contributed by atoms with Crippen LogP contribution in [0.4, 0.5) is 0 Å². The van der Waals surface area contributed by atoms with Crippen molar-refractivity contribution in [2.45, 2.75) is 24.2 Å². The molecule has 1 atom stereocenters. The highest BCUT2D eigenvalue weighted by Crippen LogP contribution is 2.34. The van der Waals surface area contributed by atoms with E-state index in [0.29, 0.717) is 12.5 Å². The maximum atomic E-state index is 6.18. The fourth-order valence-corrected chi connectivity index (χ4v) is 2.73. The van der Waals surface area contributed by atoms with Crippen molar-refractivity contribution in [3.63, 3.8) is 0 Å². The van der Waals surface area contributed by atoms with E-state index in [2.05, 4.69) is 19.2 Å². The Kier molecular flexibility index (Phi) is 4.79. The van der Waals surface area contributed by atoms with Gasteiger partial charge in [-0.25, -0.2) is 0 Å². The highest BCUT2D eigenvalue weighted by Gasteiger charge is 2.12. The predicted molar refractivity (Wildman–Crippen MR) is 65.3 cm³/mol. The van der Waals surface area contributed by atoms with Gasteiger partial charge in [0.25, 0.3) is 0 Å². The predicted octanol–water partition coefficient (Wildman–Crippen LogP) is 3.51. The molecule has 0 aliphatic rings. The molecule has 0 aliphatic heterocycles. The monoisotopic (exact) mass is 229 g/mol. The number of thioether (sulfide) groups is 1. The molecule has 0 saturated carbocycles. The van der Waals surface area contributed by atoms with Crippen molar-refractivity contribution in [3.8, 4) is 0 Å². The summed E-state index contributed by atoms with van der Waals surface area (Å²) in [6.45, 7) is 2.88. The van der Waals surface area contributed by atoms with Gasteiger partial charge in [0.2, 0.25) is 0 Å². The molecule has 3 heteroatoms. The van der Waals surface area contributed by atoms with Crippen LogP contribution in [0.25, 0.3) is 0 Å². The van der Waals surface area contributed by atoms with Crippen LogP contribution in [-0.2, 0) is 0 Å². The Balaban J connectivity index is 3.03. The number of rotatable bonds is 4. The van der Waals surface area contributed by atoms with Gasteiger partial charge in [0.15, 0.2) is 0 Å². The van der Waals surface area contributed by atoms with Gasteiger partial charge in [0.1, 0.15) is 0 Å². The molecule has 0 aliphatic carbocycles. The van der Waals surface area contributed by atoms with Gasteiger partial charge in [-0.1, -0.05) is 24.6 Å². The topological polar surface area (TPSA) is 26.0 Å². The average Bonchev–Trinajstić information content (AvgIpc) is 2.17. The van der Waals surface area contributed by atoms with Gasteiger partial charge in [0, 0.05) is 9.92 Å². The molecule has 1 aromatic rings. The lowest BCUT2D eigenvalue weighted by Crippen LogP contribution is -2.05. The molecule has 0 heterocycles. The molecule has 0 aromatic heterocycles. The van der Waals surface area contributed by atoms with E-state index in [0.717, 1.165) is 11.4 Å². The van der Waals surface area contributed by atoms with Gasteiger partial charge in [-0.15, -0.1) is 11.8 Å². The third kappa shape index (κ3) is 2.66. The van der Waals surface area contributed by atoms with E-state index >= 15 is 0 Å². The van der Waals surface area contributed by atoms with E-state index in [9.17, 15) is 0 Å². The Bertz CT molecular complexity index is 301. The van der Waals surface area contributed by atoms with E-state index in [1.807, 2.05) is 12.1 Å². The van der Waals surface area contributed by atoms with Gasteiger partial charge in [-0.05, 0) is 42.8 Å². The lowest BCUT2D eigenvalue weighted by Gasteiger charge is -2.16. The largest absolute Gasteiger partial charge is 0.330 e. The lowest BCUT2D eigenvalue weighted by atomic mass is 9.98. The maximum Gasteiger partial charge on any atom is 0.0451 e. The zero-order valence-corrected chi connectivity index (χ0v) is 10.2. The van der Waals surface area contributed by atoms with Crippen LogP contribution >= 0.6 is 23.4 Å². The molecule has 14 heavy (non-hydrogen) atoms. The van der Waals surface area contributed by atoms with Crippen LogP contribution in [0.1, 0.15) is 24.8 Å². The second-order valence-electron chi connectivity index (χ2n) is 3.33. The summed E-state index contributed by atoms with van der Waals surface area (Å²) < 4.78 is 0. The molecule has 1 aromatic carbocycles. The van der Waals surface area contributed by atoms with Gasteiger partial charge in [0.05, 0.1) is 0 Å². The first kappa shape index (κ1) is 11.9. The summed E-state index contributed by atoms with van der Waals surface area (Å²) in [6, 6.07) is 6.05. The minimum absolute atomic E-state index is 0.441. The molecule has 0 radical (unpaired) electrons. The first-order chi connectivity index (χ1) is 6.70. The smallest absolute Gasteiger partial charge is 0.0451 e. The summed E-state index contributed by atoms with van der Waals surface area (Å²) in [6.07, 6.45) is 3.06. The van der Waals surface area contributed by atoms with Gasteiger partial charge < -0.3 is 5.73 Å². The molecular formula is C11H16ClNS. The molecule has 0 saturated heterocycles. The molecule has 2 N–H and O–H groups in total. The van der Waals surface area contributed by atoms with Crippen LogP contribution in [0.15, 0.2) is 23.1 Å². The number of halogens is 1. The Morgan fingerprint density at radius 3 is 2.79 bits per heavy atom. The summed E-state index contributed by atoms with van der Waals surface area (Å²) in [4.78, 5) is 1.26. The zero-order valence-electron chi connectivity index (χ0n) is 8.59. The third-order valence-corrected chi connectivity index (χ3v) is 3.45. The van der Waals surface area contributed by atoms with Crippen molar-refractivity contribution in [3.05, 3.63) is 28.8 Å². The van der Waals surface area contributed by atoms with Crippen molar-refractivity contribution in [2.24, 2.45) is 5.73 Å². The third-order valence-electron chi connectivity index (χ3n) is 2.33. The van der Waals surface area contributed by atoms with E-state index in [1.165, 1.54) is 10.5 Å². The lowest BCUT2D eigenvalue weighted by molar-refractivity contribution is 0.679. The number of hydrogen-bond donors (Lipinski definition) is 1. The van der Waals surface area contributed by atoms with Crippen molar-refractivity contribution in [2.75, 3.05) is 12.8 Å². The van der Waals surface area contributed by atoms with Crippen LogP contribution < -0.4 is 5.73 Å². The van der Waals surface area contributed by atoms with Crippen molar-refractivity contribution >= 4 is 23.4 Å². The van der Waals surface area contributed by atoms with Crippen LogP contribution in [0.3, 0.4) is 0 Å². The number of benzene rings is 1. The number of nitrogens with two attached hydrogens (primary N) is 1. The normalized spacial score (nSPS) is 12.9. The molecule has 0 fully saturated rings. The van der Waals surface area contributed by atoms with Crippen LogP contribution in [0.2, 0.25) is 5.02 Å². The Labute approximate surface area is 95.0 Å². The minimum Gasteiger partial charge on any atom is -0.330 e. The van der Waals surface area contributed by atoms with Crippen LogP contribution in [0.5, 0.6) is 0 Å². The molecule has 0 spiro atoms. The summed E-state index contributed by atoms with van der Waals surface area (Å²) in [5.74, 6) is 0.441. The fourth-order valence-electron chi connectivity index (χ4n) is 1.57. The SMILES string of the molecule is CSc1cccc(Cl)c1C(C)CCN. The molecule has 1 nitrogen and oxygen atoms in total.